The van der Waals surface area contributed by atoms with Crippen molar-refractivity contribution in [2.24, 2.45) is 5.73 Å². The Morgan fingerprint density at radius 3 is 2.82 bits per heavy atom. The lowest BCUT2D eigenvalue weighted by Crippen LogP contribution is -2.19. The molecule has 1 aromatic heterocycles. The highest BCUT2D eigenvalue weighted by Crippen LogP contribution is 2.21. The second-order valence-corrected chi connectivity index (χ2v) is 5.33. The summed E-state index contributed by atoms with van der Waals surface area (Å²) >= 11 is 3.49. The highest BCUT2D eigenvalue weighted by atomic mass is 79.9. The first kappa shape index (κ1) is 12.3. The predicted molar refractivity (Wildman–Crippen MR) is 73.4 cm³/mol. The molecule has 0 saturated carbocycles. The van der Waals surface area contributed by atoms with Crippen molar-refractivity contribution >= 4 is 15.9 Å². The van der Waals surface area contributed by atoms with E-state index in [0.29, 0.717) is 0 Å². The molecule has 1 atom stereocenters. The van der Waals surface area contributed by atoms with Crippen molar-refractivity contribution in [2.75, 3.05) is 0 Å². The van der Waals surface area contributed by atoms with Gasteiger partial charge in [0.05, 0.1) is 11.9 Å². The minimum Gasteiger partial charge on any atom is -0.328 e. The van der Waals surface area contributed by atoms with E-state index in [-0.39, 0.29) is 6.04 Å². The summed E-state index contributed by atoms with van der Waals surface area (Å²) in [6.07, 6.45) is 4.73. The Balaban J connectivity index is 2.46. The monoisotopic (exact) mass is 293 g/mol. The largest absolute Gasteiger partial charge is 0.328 e. The Morgan fingerprint density at radius 2 is 2.24 bits per heavy atom. The fourth-order valence-electron chi connectivity index (χ4n) is 1.81. The fraction of sp³-hybridized carbons (Fsp3) is 0.308. The lowest BCUT2D eigenvalue weighted by molar-refractivity contribution is 0.727. The first-order valence-electron chi connectivity index (χ1n) is 5.62. The number of hydrogen-bond donors (Lipinski definition) is 1. The molecule has 0 aliphatic rings. The number of aryl methyl sites for hydroxylation is 1. The van der Waals surface area contributed by atoms with Gasteiger partial charge in [0.1, 0.15) is 0 Å². The van der Waals surface area contributed by atoms with Crippen molar-refractivity contribution in [1.29, 1.82) is 0 Å². The Labute approximate surface area is 110 Å². The topological polar surface area (TPSA) is 43.8 Å². The van der Waals surface area contributed by atoms with Crippen LogP contribution in [-0.2, 0) is 6.42 Å². The maximum atomic E-state index is 5.87. The molecule has 0 saturated heterocycles. The molecule has 90 valence electrons. The summed E-state index contributed by atoms with van der Waals surface area (Å²) in [6, 6.07) is 6.35. The number of hydrogen-bond acceptors (Lipinski definition) is 2. The van der Waals surface area contributed by atoms with Gasteiger partial charge in [-0.1, -0.05) is 22.0 Å². The van der Waals surface area contributed by atoms with Crippen molar-refractivity contribution in [1.82, 2.24) is 9.78 Å². The van der Waals surface area contributed by atoms with E-state index in [0.717, 1.165) is 22.1 Å². The van der Waals surface area contributed by atoms with Crippen LogP contribution in [0, 0.1) is 6.92 Å². The molecule has 0 amide bonds. The Bertz CT molecular complexity index is 517. The van der Waals surface area contributed by atoms with Gasteiger partial charge in [-0.3, -0.25) is 0 Å². The van der Waals surface area contributed by atoms with Gasteiger partial charge in [0, 0.05) is 16.7 Å². The lowest BCUT2D eigenvalue weighted by atomic mass is 10.1. The number of aromatic nitrogens is 2. The van der Waals surface area contributed by atoms with Crippen LogP contribution in [-0.4, -0.2) is 15.8 Å². The van der Waals surface area contributed by atoms with Gasteiger partial charge in [-0.05, 0) is 43.5 Å². The molecule has 1 heterocycles. The number of halogens is 1. The Kier molecular flexibility index (Phi) is 3.64. The van der Waals surface area contributed by atoms with Gasteiger partial charge in [-0.2, -0.15) is 5.10 Å². The van der Waals surface area contributed by atoms with E-state index >= 15 is 0 Å². The maximum Gasteiger partial charge on any atom is 0.0689 e. The molecule has 1 unspecified atom stereocenters. The van der Waals surface area contributed by atoms with Crippen LogP contribution < -0.4 is 5.73 Å². The average Bonchev–Trinajstić information content (AvgIpc) is 2.67. The van der Waals surface area contributed by atoms with E-state index in [4.69, 9.17) is 5.73 Å². The van der Waals surface area contributed by atoms with Crippen LogP contribution in [0.5, 0.6) is 0 Å². The molecule has 1 aromatic carbocycles. The quantitative estimate of drug-likeness (QED) is 0.946. The van der Waals surface area contributed by atoms with Gasteiger partial charge in [0.2, 0.25) is 0 Å². The SMILES string of the molecule is Cc1cnn(-c2cc(Br)ccc2CC(C)N)c1. The van der Waals surface area contributed by atoms with Gasteiger partial charge < -0.3 is 5.73 Å². The van der Waals surface area contributed by atoms with Gasteiger partial charge in [-0.15, -0.1) is 0 Å². The number of nitrogens with two attached hydrogens (primary N) is 1. The highest BCUT2D eigenvalue weighted by Gasteiger charge is 2.08. The molecule has 0 radical (unpaired) electrons. The molecule has 4 heteroatoms. The molecule has 3 nitrogen and oxygen atoms in total. The van der Waals surface area contributed by atoms with Crippen molar-refractivity contribution in [3.8, 4) is 5.69 Å². The van der Waals surface area contributed by atoms with Crippen molar-refractivity contribution in [3.05, 3.63) is 46.2 Å². The average molecular weight is 294 g/mol. The lowest BCUT2D eigenvalue weighted by Gasteiger charge is -2.12. The van der Waals surface area contributed by atoms with Crippen LogP contribution in [0.1, 0.15) is 18.1 Å². The molecule has 0 bridgehead atoms. The van der Waals surface area contributed by atoms with Crippen molar-refractivity contribution in [3.63, 3.8) is 0 Å². The third kappa shape index (κ3) is 2.96. The second kappa shape index (κ2) is 5.02. The van der Waals surface area contributed by atoms with E-state index in [1.807, 2.05) is 37.0 Å². The summed E-state index contributed by atoms with van der Waals surface area (Å²) in [5.41, 5.74) is 9.32. The summed E-state index contributed by atoms with van der Waals surface area (Å²) in [7, 11) is 0. The molecule has 17 heavy (non-hydrogen) atoms. The third-order valence-corrected chi connectivity index (χ3v) is 3.04. The molecule has 2 rings (SSSR count). The summed E-state index contributed by atoms with van der Waals surface area (Å²) in [5.74, 6) is 0. The first-order valence-corrected chi connectivity index (χ1v) is 6.41. The van der Waals surface area contributed by atoms with E-state index in [1.165, 1.54) is 5.56 Å². The van der Waals surface area contributed by atoms with Gasteiger partial charge in [0.15, 0.2) is 0 Å². The van der Waals surface area contributed by atoms with Gasteiger partial charge >= 0.3 is 0 Å². The zero-order valence-corrected chi connectivity index (χ0v) is 11.6. The van der Waals surface area contributed by atoms with Gasteiger partial charge in [0.25, 0.3) is 0 Å². The second-order valence-electron chi connectivity index (χ2n) is 4.42. The number of benzene rings is 1. The summed E-state index contributed by atoms with van der Waals surface area (Å²) < 4.78 is 2.95. The smallest absolute Gasteiger partial charge is 0.0689 e. The van der Waals surface area contributed by atoms with Crippen molar-refractivity contribution in [2.45, 2.75) is 26.3 Å². The van der Waals surface area contributed by atoms with E-state index < -0.39 is 0 Å². The highest BCUT2D eigenvalue weighted by molar-refractivity contribution is 9.10. The van der Waals surface area contributed by atoms with Crippen molar-refractivity contribution < 1.29 is 0 Å². The summed E-state index contributed by atoms with van der Waals surface area (Å²) in [6.45, 7) is 4.05. The molecule has 0 aliphatic heterocycles. The standard InChI is InChI=1S/C13H16BrN3/c1-9-7-16-17(8-9)13-6-12(14)4-3-11(13)5-10(2)15/h3-4,6-8,10H,5,15H2,1-2H3. The minimum absolute atomic E-state index is 0.145. The van der Waals surface area contributed by atoms with Gasteiger partial charge in [-0.25, -0.2) is 4.68 Å². The van der Waals surface area contributed by atoms with Crippen LogP contribution in [0.4, 0.5) is 0 Å². The summed E-state index contributed by atoms with van der Waals surface area (Å²) in [5, 5.41) is 4.35. The van der Waals surface area contributed by atoms with E-state index in [2.05, 4.69) is 33.2 Å². The number of nitrogens with zero attached hydrogens (tertiary/aromatic N) is 2. The number of rotatable bonds is 3. The molecular weight excluding hydrogens is 278 g/mol. The normalized spacial score (nSPS) is 12.7. The molecule has 0 fully saturated rings. The van der Waals surface area contributed by atoms with Crippen LogP contribution in [0.15, 0.2) is 35.1 Å². The minimum atomic E-state index is 0.145. The van der Waals surface area contributed by atoms with Crippen LogP contribution in [0.3, 0.4) is 0 Å². The molecular formula is C13H16BrN3. The zero-order valence-electron chi connectivity index (χ0n) is 10.0. The van der Waals surface area contributed by atoms with Crippen LogP contribution in [0.25, 0.3) is 5.69 Å². The third-order valence-electron chi connectivity index (χ3n) is 2.55. The Morgan fingerprint density at radius 1 is 1.47 bits per heavy atom. The van der Waals surface area contributed by atoms with E-state index in [9.17, 15) is 0 Å². The molecule has 0 spiro atoms. The molecule has 0 aliphatic carbocycles. The Hall–Kier alpha value is -1.13. The predicted octanol–water partition coefficient (Wildman–Crippen LogP) is 2.83. The first-order chi connectivity index (χ1) is 8.06. The maximum absolute atomic E-state index is 5.87. The fourth-order valence-corrected chi connectivity index (χ4v) is 2.16. The molecule has 2 aromatic rings. The molecule has 2 N–H and O–H groups in total. The zero-order chi connectivity index (χ0) is 12.4. The van der Waals surface area contributed by atoms with Crippen LogP contribution >= 0.6 is 15.9 Å². The summed E-state index contributed by atoms with van der Waals surface area (Å²) in [4.78, 5) is 0. The van der Waals surface area contributed by atoms with E-state index in [1.54, 1.807) is 0 Å². The van der Waals surface area contributed by atoms with Crippen LogP contribution in [0.2, 0.25) is 0 Å².